The SMILES string of the molecule is Oc1ccc(Br)cc1/C=N/c1c(-c2ccco2)nc2ccc(Cl)cn12. The molecule has 3 heterocycles. The van der Waals surface area contributed by atoms with Gasteiger partial charge in [-0.25, -0.2) is 9.98 Å². The fraction of sp³-hybridized carbons (Fsp3) is 0. The third kappa shape index (κ3) is 3.06. The van der Waals surface area contributed by atoms with E-state index >= 15 is 0 Å². The van der Waals surface area contributed by atoms with Gasteiger partial charge in [-0.15, -0.1) is 0 Å². The van der Waals surface area contributed by atoms with Gasteiger partial charge in [0.05, 0.1) is 11.3 Å². The van der Waals surface area contributed by atoms with Gasteiger partial charge < -0.3 is 9.52 Å². The lowest BCUT2D eigenvalue weighted by atomic mass is 10.2. The van der Waals surface area contributed by atoms with Crippen molar-refractivity contribution in [3.8, 4) is 17.2 Å². The Morgan fingerprint density at radius 3 is 2.92 bits per heavy atom. The minimum Gasteiger partial charge on any atom is -0.507 e. The van der Waals surface area contributed by atoms with E-state index < -0.39 is 0 Å². The molecule has 0 amide bonds. The fourth-order valence-corrected chi connectivity index (χ4v) is 3.01. The second-order valence-electron chi connectivity index (χ2n) is 5.30. The van der Waals surface area contributed by atoms with E-state index in [2.05, 4.69) is 25.9 Å². The molecule has 4 aromatic rings. The third-order valence-corrected chi connectivity index (χ3v) is 4.34. The molecule has 25 heavy (non-hydrogen) atoms. The maximum absolute atomic E-state index is 10.0. The predicted molar refractivity (Wildman–Crippen MR) is 101 cm³/mol. The number of rotatable bonds is 3. The van der Waals surface area contributed by atoms with Gasteiger partial charge in [0.15, 0.2) is 17.3 Å². The molecule has 0 aliphatic rings. The maximum Gasteiger partial charge on any atom is 0.168 e. The number of benzene rings is 1. The highest BCUT2D eigenvalue weighted by Crippen LogP contribution is 2.32. The highest BCUT2D eigenvalue weighted by Gasteiger charge is 2.16. The summed E-state index contributed by atoms with van der Waals surface area (Å²) >= 11 is 9.51. The van der Waals surface area contributed by atoms with Gasteiger partial charge in [-0.2, -0.15) is 0 Å². The maximum atomic E-state index is 10.0. The minimum absolute atomic E-state index is 0.137. The Balaban J connectivity index is 1.90. The summed E-state index contributed by atoms with van der Waals surface area (Å²) in [6.45, 7) is 0. The molecule has 0 bridgehead atoms. The number of pyridine rings is 1. The van der Waals surface area contributed by atoms with Crippen LogP contribution in [0.3, 0.4) is 0 Å². The van der Waals surface area contributed by atoms with Gasteiger partial charge >= 0.3 is 0 Å². The molecule has 0 spiro atoms. The highest BCUT2D eigenvalue weighted by atomic mass is 79.9. The van der Waals surface area contributed by atoms with Gasteiger partial charge in [0, 0.05) is 22.4 Å². The molecule has 1 N–H and O–H groups in total. The lowest BCUT2D eigenvalue weighted by Crippen LogP contribution is -1.86. The van der Waals surface area contributed by atoms with Gasteiger partial charge in [-0.3, -0.25) is 4.40 Å². The zero-order chi connectivity index (χ0) is 17.4. The molecular weight excluding hydrogens is 406 g/mol. The second kappa shape index (κ2) is 6.38. The van der Waals surface area contributed by atoms with Crippen LogP contribution in [0.15, 0.2) is 68.8 Å². The zero-order valence-electron chi connectivity index (χ0n) is 12.7. The molecule has 4 rings (SSSR count). The molecule has 0 unspecified atom stereocenters. The monoisotopic (exact) mass is 415 g/mol. The van der Waals surface area contributed by atoms with Crippen LogP contribution in [-0.2, 0) is 0 Å². The Labute approximate surface area is 156 Å². The van der Waals surface area contributed by atoms with Crippen LogP contribution in [0.2, 0.25) is 5.02 Å². The Hall–Kier alpha value is -2.57. The number of furan rings is 1. The summed E-state index contributed by atoms with van der Waals surface area (Å²) in [5.41, 5.74) is 1.87. The van der Waals surface area contributed by atoms with Crippen molar-refractivity contribution in [2.24, 2.45) is 4.99 Å². The lowest BCUT2D eigenvalue weighted by molar-refractivity contribution is 0.474. The van der Waals surface area contributed by atoms with E-state index in [1.54, 1.807) is 53.4 Å². The van der Waals surface area contributed by atoms with Crippen molar-refractivity contribution in [1.29, 1.82) is 0 Å². The van der Waals surface area contributed by atoms with E-state index in [9.17, 15) is 5.11 Å². The van der Waals surface area contributed by atoms with E-state index in [0.29, 0.717) is 33.5 Å². The lowest BCUT2D eigenvalue weighted by Gasteiger charge is -2.01. The van der Waals surface area contributed by atoms with Crippen LogP contribution < -0.4 is 0 Å². The standard InChI is InChI=1S/C18H11BrClN3O2/c19-12-3-5-14(24)11(8-12)9-21-18-17(15-2-1-7-25-15)22-16-6-4-13(20)10-23(16)18/h1-10,24H/b21-9+. The molecule has 1 aromatic carbocycles. The number of hydrogen-bond acceptors (Lipinski definition) is 4. The van der Waals surface area contributed by atoms with Crippen LogP contribution >= 0.6 is 27.5 Å². The first-order chi connectivity index (χ1) is 12.1. The number of imidazole rings is 1. The summed E-state index contributed by atoms with van der Waals surface area (Å²) in [6.07, 6.45) is 4.90. The second-order valence-corrected chi connectivity index (χ2v) is 6.65. The first-order valence-corrected chi connectivity index (χ1v) is 8.53. The van der Waals surface area contributed by atoms with Crippen molar-refractivity contribution in [2.75, 3.05) is 0 Å². The number of halogens is 2. The molecule has 0 saturated carbocycles. The van der Waals surface area contributed by atoms with E-state index in [0.717, 1.165) is 4.47 Å². The number of fused-ring (bicyclic) bond motifs is 1. The Morgan fingerprint density at radius 2 is 2.12 bits per heavy atom. The van der Waals surface area contributed by atoms with Gasteiger partial charge in [0.2, 0.25) is 0 Å². The van der Waals surface area contributed by atoms with Crippen molar-refractivity contribution in [2.45, 2.75) is 0 Å². The molecule has 0 atom stereocenters. The van der Waals surface area contributed by atoms with Crippen molar-refractivity contribution in [1.82, 2.24) is 9.38 Å². The minimum atomic E-state index is 0.137. The number of phenolic OH excluding ortho intramolecular Hbond substituents is 1. The summed E-state index contributed by atoms with van der Waals surface area (Å²) < 4.78 is 8.11. The van der Waals surface area contributed by atoms with Gasteiger partial charge in [0.1, 0.15) is 11.4 Å². The molecule has 124 valence electrons. The Kier molecular flexibility index (Phi) is 4.07. The summed E-state index contributed by atoms with van der Waals surface area (Å²) in [5, 5.41) is 10.6. The molecule has 5 nitrogen and oxygen atoms in total. The van der Waals surface area contributed by atoms with Crippen LogP contribution in [0, 0.1) is 0 Å². The summed E-state index contributed by atoms with van der Waals surface area (Å²) in [5.74, 6) is 1.30. The number of nitrogens with zero attached hydrogens (tertiary/aromatic N) is 3. The fourth-order valence-electron chi connectivity index (χ4n) is 2.47. The topological polar surface area (TPSA) is 63.0 Å². The van der Waals surface area contributed by atoms with E-state index in [-0.39, 0.29) is 5.75 Å². The molecule has 7 heteroatoms. The number of aliphatic imine (C=N–C) groups is 1. The Bertz CT molecular complexity index is 1090. The normalized spacial score (nSPS) is 11.6. The molecular formula is C18H11BrClN3O2. The largest absolute Gasteiger partial charge is 0.507 e. The molecule has 3 aromatic heterocycles. The molecule has 0 radical (unpaired) electrons. The van der Waals surface area contributed by atoms with Gasteiger partial charge in [-0.1, -0.05) is 27.5 Å². The number of hydrogen-bond donors (Lipinski definition) is 1. The molecule has 0 saturated heterocycles. The van der Waals surface area contributed by atoms with Crippen LogP contribution in [-0.4, -0.2) is 20.7 Å². The van der Waals surface area contributed by atoms with E-state index in [4.69, 9.17) is 16.0 Å². The van der Waals surface area contributed by atoms with Crippen molar-refractivity contribution < 1.29 is 9.52 Å². The average Bonchev–Trinajstić information content (AvgIpc) is 3.23. The smallest absolute Gasteiger partial charge is 0.168 e. The van der Waals surface area contributed by atoms with Crippen molar-refractivity contribution in [3.63, 3.8) is 0 Å². The van der Waals surface area contributed by atoms with E-state index in [1.807, 2.05) is 12.1 Å². The summed E-state index contributed by atoms with van der Waals surface area (Å²) in [4.78, 5) is 9.11. The molecule has 0 fully saturated rings. The highest BCUT2D eigenvalue weighted by molar-refractivity contribution is 9.10. The van der Waals surface area contributed by atoms with Gasteiger partial charge in [0.25, 0.3) is 0 Å². The van der Waals surface area contributed by atoms with E-state index in [1.165, 1.54) is 0 Å². The van der Waals surface area contributed by atoms with Crippen LogP contribution in [0.1, 0.15) is 5.56 Å². The summed E-state index contributed by atoms with van der Waals surface area (Å²) in [6, 6.07) is 12.3. The molecule has 0 aliphatic heterocycles. The number of aromatic nitrogens is 2. The van der Waals surface area contributed by atoms with Crippen LogP contribution in [0.4, 0.5) is 5.82 Å². The molecule has 0 aliphatic carbocycles. The van der Waals surface area contributed by atoms with Crippen LogP contribution in [0.5, 0.6) is 5.75 Å². The first kappa shape index (κ1) is 15.9. The third-order valence-electron chi connectivity index (χ3n) is 3.63. The quantitative estimate of drug-likeness (QED) is 0.451. The predicted octanol–water partition coefficient (Wildman–Crippen LogP) is 5.47. The zero-order valence-corrected chi connectivity index (χ0v) is 15.1. The number of aromatic hydroxyl groups is 1. The van der Waals surface area contributed by atoms with Crippen LogP contribution in [0.25, 0.3) is 17.1 Å². The first-order valence-electron chi connectivity index (χ1n) is 7.36. The average molecular weight is 417 g/mol. The summed E-state index contributed by atoms with van der Waals surface area (Å²) in [7, 11) is 0. The van der Waals surface area contributed by atoms with Crippen molar-refractivity contribution in [3.05, 3.63) is 70.0 Å². The Morgan fingerprint density at radius 1 is 1.24 bits per heavy atom. The number of phenols is 1. The van der Waals surface area contributed by atoms with Gasteiger partial charge in [-0.05, 0) is 42.5 Å². The van der Waals surface area contributed by atoms with Crippen molar-refractivity contribution >= 4 is 45.2 Å².